The van der Waals surface area contributed by atoms with Gasteiger partial charge in [-0.05, 0) is 68.7 Å². The molecule has 2 aromatic heterocycles. The maximum atomic E-state index is 13.7. The summed E-state index contributed by atoms with van der Waals surface area (Å²) in [4.78, 5) is 18.2. The van der Waals surface area contributed by atoms with E-state index in [1.54, 1.807) is 6.07 Å². The van der Waals surface area contributed by atoms with E-state index >= 15 is 0 Å². The first-order valence-electron chi connectivity index (χ1n) is 11.0. The Bertz CT molecular complexity index is 1090. The molecule has 2 aliphatic rings. The van der Waals surface area contributed by atoms with Gasteiger partial charge >= 0.3 is 0 Å². The Morgan fingerprint density at radius 3 is 2.90 bits per heavy atom. The molecular weight excluding hydrogens is 381 g/mol. The van der Waals surface area contributed by atoms with E-state index < -0.39 is 0 Å². The molecule has 0 spiro atoms. The Hall–Kier alpha value is -2.63. The fourth-order valence-electron chi connectivity index (χ4n) is 5.16. The molecule has 1 amide bonds. The molecule has 5 rings (SSSR count). The van der Waals surface area contributed by atoms with Crippen molar-refractivity contribution in [3.05, 3.63) is 52.3 Å². The number of nitrogens with one attached hydrogen (secondary N) is 1. The molecule has 0 saturated carbocycles. The number of likely N-dealkylation sites (tertiary alicyclic amines) is 1. The first-order valence-corrected chi connectivity index (χ1v) is 11.0. The van der Waals surface area contributed by atoms with Crippen LogP contribution < -0.4 is 0 Å². The molecule has 3 heterocycles. The molecule has 1 N–H and O–H groups in total. The normalized spacial score (nSPS) is 20.0. The Morgan fingerprint density at radius 2 is 2.10 bits per heavy atom. The summed E-state index contributed by atoms with van der Waals surface area (Å²) < 4.78 is 19.5. The summed E-state index contributed by atoms with van der Waals surface area (Å²) in [6.07, 6.45) is 5.37. The first kappa shape index (κ1) is 19.3. The minimum atomic E-state index is -0.277. The third kappa shape index (κ3) is 3.42. The summed E-state index contributed by atoms with van der Waals surface area (Å²) in [6.45, 7) is 5.69. The van der Waals surface area contributed by atoms with E-state index in [0.717, 1.165) is 72.4 Å². The average Bonchev–Trinajstić information content (AvgIpc) is 3.29. The number of aromatic nitrogens is 2. The van der Waals surface area contributed by atoms with Gasteiger partial charge in [-0.1, -0.05) is 12.1 Å². The van der Waals surface area contributed by atoms with E-state index in [1.807, 2.05) is 11.8 Å². The van der Waals surface area contributed by atoms with Gasteiger partial charge in [0.25, 0.3) is 0 Å². The van der Waals surface area contributed by atoms with Crippen molar-refractivity contribution in [2.45, 2.75) is 58.3 Å². The molecule has 3 aromatic rings. The Morgan fingerprint density at radius 1 is 1.30 bits per heavy atom. The zero-order valence-corrected chi connectivity index (χ0v) is 17.6. The zero-order valence-electron chi connectivity index (χ0n) is 17.6. The van der Waals surface area contributed by atoms with Crippen molar-refractivity contribution in [3.8, 4) is 0 Å². The summed E-state index contributed by atoms with van der Waals surface area (Å²) in [7, 11) is 0. The second kappa shape index (κ2) is 7.56. The molecule has 0 radical (unpaired) electrons. The number of carbonyl (C=O) groups is 1. The molecule has 158 valence electrons. The Labute approximate surface area is 175 Å². The number of carbonyl (C=O) groups excluding carboxylic acids is 1. The van der Waals surface area contributed by atoms with Crippen LogP contribution in [-0.4, -0.2) is 34.0 Å². The highest BCUT2D eigenvalue weighted by molar-refractivity contribution is 5.90. The fraction of sp³-hybridized carbons (Fsp3) is 0.500. The second-order valence-electron chi connectivity index (χ2n) is 9.07. The second-order valence-corrected chi connectivity index (χ2v) is 9.07. The van der Waals surface area contributed by atoms with Crippen molar-refractivity contribution in [1.29, 1.82) is 0 Å². The average molecular weight is 410 g/mol. The highest BCUT2D eigenvalue weighted by Gasteiger charge is 2.31. The number of benzene rings is 1. The molecule has 1 aliphatic heterocycles. The smallest absolute Gasteiger partial charge is 0.227 e. The highest BCUT2D eigenvalue weighted by atomic mass is 19.1. The number of piperidine rings is 1. The minimum absolute atomic E-state index is 0.106. The standard InChI is InChI=1S/C24H28FN3O2/c1-14-3-5-22-20(11-14)24(30-27-22)16-7-9-28(10-8-16)23(29)13-18-15(2)26-21-6-4-17(25)12-19(18)21/h4,6,12,14,16,26H,3,5,7-11,13H2,1-2H3/t14-/m0/s1. The number of rotatable bonds is 3. The maximum absolute atomic E-state index is 13.7. The number of H-pyrrole nitrogens is 1. The van der Waals surface area contributed by atoms with Gasteiger partial charge < -0.3 is 14.4 Å². The maximum Gasteiger partial charge on any atom is 0.227 e. The molecule has 1 saturated heterocycles. The Kier molecular flexibility index (Phi) is 4.88. The van der Waals surface area contributed by atoms with Crippen LogP contribution in [0, 0.1) is 18.7 Å². The lowest BCUT2D eigenvalue weighted by Gasteiger charge is -2.31. The van der Waals surface area contributed by atoms with E-state index in [0.29, 0.717) is 18.3 Å². The molecule has 0 unspecified atom stereocenters. The van der Waals surface area contributed by atoms with Gasteiger partial charge in [0, 0.05) is 41.2 Å². The van der Waals surface area contributed by atoms with Gasteiger partial charge in [0.05, 0.1) is 12.1 Å². The van der Waals surface area contributed by atoms with Crippen LogP contribution in [0.1, 0.15) is 60.4 Å². The van der Waals surface area contributed by atoms with Gasteiger partial charge in [0.15, 0.2) is 0 Å². The third-order valence-corrected chi connectivity index (χ3v) is 6.95. The van der Waals surface area contributed by atoms with Crippen LogP contribution in [0.3, 0.4) is 0 Å². The molecule has 1 fully saturated rings. The number of amides is 1. The molecule has 0 bridgehead atoms. The van der Waals surface area contributed by atoms with Crippen LogP contribution in [0.5, 0.6) is 0 Å². The predicted molar refractivity (Wildman–Crippen MR) is 113 cm³/mol. The van der Waals surface area contributed by atoms with Crippen molar-refractivity contribution >= 4 is 16.8 Å². The number of fused-ring (bicyclic) bond motifs is 2. The van der Waals surface area contributed by atoms with E-state index in [9.17, 15) is 9.18 Å². The molecular formula is C24H28FN3O2. The number of hydrogen-bond acceptors (Lipinski definition) is 3. The van der Waals surface area contributed by atoms with Crippen LogP contribution in [0.25, 0.3) is 10.9 Å². The van der Waals surface area contributed by atoms with Crippen LogP contribution >= 0.6 is 0 Å². The van der Waals surface area contributed by atoms with Gasteiger partial charge in [0.1, 0.15) is 11.6 Å². The molecule has 1 aromatic carbocycles. The number of aromatic amines is 1. The lowest BCUT2D eigenvalue weighted by molar-refractivity contribution is -0.131. The SMILES string of the molecule is Cc1[nH]c2ccc(F)cc2c1CC(=O)N1CCC(c2onc3c2C[C@@H](C)CC3)CC1. The number of nitrogens with zero attached hydrogens (tertiary/aromatic N) is 2. The van der Waals surface area contributed by atoms with Crippen molar-refractivity contribution in [2.24, 2.45) is 5.92 Å². The van der Waals surface area contributed by atoms with Crippen molar-refractivity contribution in [3.63, 3.8) is 0 Å². The zero-order chi connectivity index (χ0) is 20.8. The monoisotopic (exact) mass is 409 g/mol. The van der Waals surface area contributed by atoms with E-state index in [4.69, 9.17) is 4.52 Å². The Balaban J connectivity index is 1.27. The van der Waals surface area contributed by atoms with Crippen LogP contribution in [0.15, 0.2) is 22.7 Å². The van der Waals surface area contributed by atoms with E-state index in [2.05, 4.69) is 17.1 Å². The van der Waals surface area contributed by atoms with Crippen molar-refractivity contribution < 1.29 is 13.7 Å². The van der Waals surface area contributed by atoms with Crippen LogP contribution in [0.2, 0.25) is 0 Å². The van der Waals surface area contributed by atoms with Crippen molar-refractivity contribution in [1.82, 2.24) is 15.0 Å². The van der Waals surface area contributed by atoms with Crippen LogP contribution in [-0.2, 0) is 24.1 Å². The molecule has 1 atom stereocenters. The number of hydrogen-bond donors (Lipinski definition) is 1. The van der Waals surface area contributed by atoms with Crippen LogP contribution in [0.4, 0.5) is 4.39 Å². The van der Waals surface area contributed by atoms with Gasteiger partial charge in [-0.15, -0.1) is 0 Å². The molecule has 1 aliphatic carbocycles. The van der Waals surface area contributed by atoms with E-state index in [-0.39, 0.29) is 11.7 Å². The lowest BCUT2D eigenvalue weighted by atomic mass is 9.83. The topological polar surface area (TPSA) is 62.1 Å². The summed E-state index contributed by atoms with van der Waals surface area (Å²) in [5.41, 5.74) is 5.18. The van der Waals surface area contributed by atoms with Gasteiger partial charge in [-0.2, -0.15) is 0 Å². The number of aryl methyl sites for hydroxylation is 2. The first-order chi connectivity index (χ1) is 14.5. The largest absolute Gasteiger partial charge is 0.361 e. The number of halogens is 1. The predicted octanol–water partition coefficient (Wildman–Crippen LogP) is 4.68. The van der Waals surface area contributed by atoms with Gasteiger partial charge in [-0.3, -0.25) is 4.79 Å². The van der Waals surface area contributed by atoms with Gasteiger partial charge in [-0.25, -0.2) is 4.39 Å². The summed E-state index contributed by atoms with van der Waals surface area (Å²) in [5.74, 6) is 1.92. The quantitative estimate of drug-likeness (QED) is 0.683. The highest BCUT2D eigenvalue weighted by Crippen LogP contribution is 2.36. The molecule has 5 nitrogen and oxygen atoms in total. The van der Waals surface area contributed by atoms with E-state index in [1.165, 1.54) is 24.1 Å². The van der Waals surface area contributed by atoms with Crippen molar-refractivity contribution in [2.75, 3.05) is 13.1 Å². The fourth-order valence-corrected chi connectivity index (χ4v) is 5.16. The minimum Gasteiger partial charge on any atom is -0.361 e. The third-order valence-electron chi connectivity index (χ3n) is 6.95. The summed E-state index contributed by atoms with van der Waals surface area (Å²) in [5, 5.41) is 5.13. The lowest BCUT2D eigenvalue weighted by Crippen LogP contribution is -2.39. The summed E-state index contributed by atoms with van der Waals surface area (Å²) in [6, 6.07) is 4.69. The summed E-state index contributed by atoms with van der Waals surface area (Å²) >= 11 is 0. The van der Waals surface area contributed by atoms with Gasteiger partial charge in [0.2, 0.25) is 5.91 Å². The molecule has 30 heavy (non-hydrogen) atoms. The molecule has 6 heteroatoms.